The maximum atomic E-state index is 13.9. The van der Waals surface area contributed by atoms with Crippen molar-refractivity contribution < 1.29 is 88.0 Å². The third-order valence-electron chi connectivity index (χ3n) is 13.0. The predicted octanol–water partition coefficient (Wildman–Crippen LogP) is 6.23. The number of carbonyl (C=O) groups is 3. The van der Waals surface area contributed by atoms with Crippen molar-refractivity contribution >= 4 is 41.1 Å². The maximum absolute atomic E-state index is 13.9. The minimum absolute atomic E-state index is 0.0372. The normalized spacial score (nSPS) is 33.4. The topological polar surface area (TPSA) is 267 Å². The van der Waals surface area contributed by atoms with Gasteiger partial charge in [0.2, 0.25) is 0 Å². The fourth-order valence-electron chi connectivity index (χ4n) is 8.60. The van der Waals surface area contributed by atoms with Crippen molar-refractivity contribution in [1.82, 2.24) is 0 Å². The Hall–Kier alpha value is -3.89. The van der Waals surface area contributed by atoms with Crippen molar-refractivity contribution in [3.8, 4) is 11.5 Å². The van der Waals surface area contributed by atoms with Crippen LogP contribution in [0.3, 0.4) is 0 Å². The number of ether oxygens (including phenoxy) is 8. The number of methoxy groups -OCH3 is 1. The van der Waals surface area contributed by atoms with E-state index in [9.17, 15) is 50.1 Å². The van der Waals surface area contributed by atoms with Crippen molar-refractivity contribution in [3.63, 3.8) is 0 Å². The van der Waals surface area contributed by atoms with Crippen molar-refractivity contribution in [1.29, 1.82) is 0 Å². The molecule has 0 spiro atoms. The Labute approximate surface area is 431 Å². The van der Waals surface area contributed by atoms with Crippen LogP contribution in [0.4, 0.5) is 0 Å². The number of carbonyl (C=O) groups excluding carboxylic acids is 3. The Kier molecular flexibility index (Phi) is 22.4. The van der Waals surface area contributed by atoms with E-state index in [4.69, 9.17) is 61.1 Å². The van der Waals surface area contributed by atoms with Gasteiger partial charge < -0.3 is 73.6 Å². The molecule has 72 heavy (non-hydrogen) atoms. The summed E-state index contributed by atoms with van der Waals surface area (Å²) >= 11 is 12.3. The van der Waals surface area contributed by atoms with Crippen molar-refractivity contribution in [3.05, 3.63) is 79.9 Å². The zero-order valence-corrected chi connectivity index (χ0v) is 44.5. The van der Waals surface area contributed by atoms with Gasteiger partial charge in [0.25, 0.3) is 0 Å². The van der Waals surface area contributed by atoms with Crippen LogP contribution in [-0.2, 0) is 53.9 Å². The fraction of sp³-hybridized carbons (Fsp3) is 0.635. The Morgan fingerprint density at radius 3 is 2.17 bits per heavy atom. The highest BCUT2D eigenvalue weighted by molar-refractivity contribution is 6.39. The number of aliphatic hydroxyl groups is 5. The Morgan fingerprint density at radius 2 is 1.57 bits per heavy atom. The number of benzene rings is 1. The zero-order valence-electron chi connectivity index (χ0n) is 43.0. The van der Waals surface area contributed by atoms with E-state index in [-0.39, 0.29) is 35.4 Å². The van der Waals surface area contributed by atoms with Crippen molar-refractivity contribution in [2.45, 2.75) is 187 Å². The smallest absolute Gasteiger partial charge is 0.342 e. The number of rotatable bonds is 13. The number of phenolic OH excluding ortho intramolecular Hbond substituents is 2. The summed E-state index contributed by atoms with van der Waals surface area (Å²) in [6.45, 7) is 18.1. The summed E-state index contributed by atoms with van der Waals surface area (Å²) in [5.74, 6) is -4.78. The molecular weight excluding hydrogens is 983 g/mol. The molecule has 3 aliphatic rings. The molecular formula is C52H74Cl2O18. The number of aliphatic hydroxyl groups excluding tert-OH is 5. The molecule has 2 fully saturated rings. The monoisotopic (exact) mass is 1060 g/mol. The number of esters is 3. The van der Waals surface area contributed by atoms with Crippen LogP contribution in [0.2, 0.25) is 10.0 Å². The number of aromatic hydroxyl groups is 2. The molecule has 1 aromatic carbocycles. The van der Waals surface area contributed by atoms with E-state index < -0.39 is 144 Å². The van der Waals surface area contributed by atoms with Gasteiger partial charge in [0.15, 0.2) is 36.3 Å². The number of hydrogen-bond acceptors (Lipinski definition) is 18. The highest BCUT2D eigenvalue weighted by Crippen LogP contribution is 2.45. The van der Waals surface area contributed by atoms with Gasteiger partial charge in [-0.05, 0) is 90.5 Å². The Bertz CT molecular complexity index is 2220. The van der Waals surface area contributed by atoms with Gasteiger partial charge in [0, 0.05) is 19.4 Å². The van der Waals surface area contributed by atoms with E-state index in [2.05, 4.69) is 0 Å². The molecule has 1 aromatic rings. The highest BCUT2D eigenvalue weighted by atomic mass is 35.5. The average Bonchev–Trinajstić information content (AvgIpc) is 3.32. The SMILES string of the molecule is CCc1c(Cl)c(O)c(Cl)c(O)c1C(=O)O[C@H]1[C@H](O)[C@H](OC)[C@H](OCC2=C/C=C/C[C@@H](O)C(C)=C[C@H](CC)[C@@H](O[C@@H]3OC(C)(C)[C@@H](OC(=O)C(C)C)[C@H](O)[C@@H]3O)/C(C)=C/C(C)=C/C[C@@H]([C@@H](C)O)OC2=O)O[C@@H]1C. The first-order valence-corrected chi connectivity index (χ1v) is 24.9. The van der Waals surface area contributed by atoms with E-state index in [0.29, 0.717) is 23.1 Å². The first kappa shape index (κ1) is 60.7. The summed E-state index contributed by atoms with van der Waals surface area (Å²) in [5, 5.41) is 76.5. The fourth-order valence-corrected chi connectivity index (χ4v) is 9.16. The van der Waals surface area contributed by atoms with E-state index in [1.807, 2.05) is 32.9 Å². The molecule has 0 radical (unpaired) electrons. The van der Waals surface area contributed by atoms with Crippen LogP contribution in [0.5, 0.6) is 11.5 Å². The first-order valence-electron chi connectivity index (χ1n) is 24.2. The average molecular weight is 1060 g/mol. The summed E-state index contributed by atoms with van der Waals surface area (Å²) in [6, 6.07) is 0. The van der Waals surface area contributed by atoms with Gasteiger partial charge in [0.1, 0.15) is 46.7 Å². The van der Waals surface area contributed by atoms with Crippen LogP contribution in [0, 0.1) is 11.8 Å². The second-order valence-electron chi connectivity index (χ2n) is 19.4. The summed E-state index contributed by atoms with van der Waals surface area (Å²) in [6.07, 6.45) is -5.45. The number of halogens is 2. The second kappa shape index (κ2) is 26.5. The van der Waals surface area contributed by atoms with Crippen LogP contribution in [0.15, 0.2) is 58.7 Å². The first-order chi connectivity index (χ1) is 33.7. The van der Waals surface area contributed by atoms with E-state index in [1.54, 1.807) is 53.7 Å². The molecule has 0 unspecified atom stereocenters. The molecule has 0 aliphatic carbocycles. The number of hydrogen-bond donors (Lipinski definition) is 7. The van der Waals surface area contributed by atoms with Gasteiger partial charge in [-0.15, -0.1) is 0 Å². The quantitative estimate of drug-likeness (QED) is 0.0655. The van der Waals surface area contributed by atoms with Crippen LogP contribution < -0.4 is 0 Å². The van der Waals surface area contributed by atoms with Crippen molar-refractivity contribution in [2.24, 2.45) is 11.8 Å². The van der Waals surface area contributed by atoms with Crippen LogP contribution in [0.25, 0.3) is 0 Å². The largest absolute Gasteiger partial charge is 0.505 e. The highest BCUT2D eigenvalue weighted by Gasteiger charge is 2.53. The van der Waals surface area contributed by atoms with Gasteiger partial charge in [-0.2, -0.15) is 0 Å². The van der Waals surface area contributed by atoms with Gasteiger partial charge >= 0.3 is 17.9 Å². The second-order valence-corrected chi connectivity index (χ2v) is 20.1. The Morgan fingerprint density at radius 1 is 0.903 bits per heavy atom. The van der Waals surface area contributed by atoms with E-state index >= 15 is 0 Å². The molecule has 20 heteroatoms. The molecule has 0 aromatic heterocycles. The molecule has 404 valence electrons. The van der Waals surface area contributed by atoms with E-state index in [1.165, 1.54) is 33.1 Å². The minimum Gasteiger partial charge on any atom is -0.505 e. The molecule has 18 nitrogen and oxygen atoms in total. The number of cyclic esters (lactones) is 1. The molecule has 4 rings (SSSR count). The predicted molar refractivity (Wildman–Crippen MR) is 265 cm³/mol. The lowest BCUT2D eigenvalue weighted by Gasteiger charge is -2.47. The summed E-state index contributed by atoms with van der Waals surface area (Å²) < 4.78 is 47.5. The molecule has 2 saturated heterocycles. The molecule has 3 aliphatic heterocycles. The lowest BCUT2D eigenvalue weighted by atomic mass is 9.88. The number of phenols is 2. The van der Waals surface area contributed by atoms with Gasteiger partial charge in [-0.25, -0.2) is 9.59 Å². The van der Waals surface area contributed by atoms with Crippen LogP contribution >= 0.6 is 23.2 Å². The molecule has 0 amide bonds. The third kappa shape index (κ3) is 14.7. The van der Waals surface area contributed by atoms with Gasteiger partial charge in [0.05, 0.1) is 47.5 Å². The summed E-state index contributed by atoms with van der Waals surface area (Å²) in [4.78, 5) is 40.0. The molecule has 0 bridgehead atoms. The lowest BCUT2D eigenvalue weighted by molar-refractivity contribution is -0.333. The zero-order chi connectivity index (χ0) is 54.1. The van der Waals surface area contributed by atoms with Gasteiger partial charge in [-0.1, -0.05) is 86.9 Å². The van der Waals surface area contributed by atoms with E-state index in [0.717, 1.165) is 0 Å². The maximum Gasteiger partial charge on any atom is 0.342 e. The summed E-state index contributed by atoms with van der Waals surface area (Å²) in [5.41, 5.74) is 0.318. The number of allylic oxidation sites excluding steroid dienone is 4. The molecule has 3 heterocycles. The van der Waals surface area contributed by atoms with Gasteiger partial charge in [-0.3, -0.25) is 4.79 Å². The van der Waals surface area contributed by atoms with Crippen LogP contribution in [-0.4, -0.2) is 153 Å². The minimum atomic E-state index is -1.61. The Balaban J connectivity index is 1.61. The molecule has 14 atom stereocenters. The standard InChI is InChI=1S/C52H74Cl2O18/c1-13-30-22-26(6)33(56)18-16-15-17-31(23-66-51-45(65-12)42(61)44(29(9)67-51)69-49(64)35-32(14-2)36(53)39(58)37(54)38(35)57)48(63)68-34(28(8)55)20-19-25(5)21-27(7)43(30)70-50-41(60)40(59)46(52(10,11)72-50)71-47(62)24(3)4/h15-17,19,21-22,24,28-30,33-34,40-46,50-51,55-61H,13-14,18,20,23H2,1-12H3/b16-15+,25-19+,26-22?,27-21+,31-17?/t28-,29-,30+,33-,34+,40-,41+,42+,43+,44-,45+,46+,50-,51-/m1/s1. The van der Waals surface area contributed by atoms with Crippen LogP contribution in [0.1, 0.15) is 111 Å². The summed E-state index contributed by atoms with van der Waals surface area (Å²) in [7, 11) is 1.26. The molecule has 0 saturated carbocycles. The lowest BCUT2D eigenvalue weighted by Crippen LogP contribution is -2.64. The third-order valence-corrected chi connectivity index (χ3v) is 13.8. The molecule has 7 N–H and O–H groups in total. The van der Waals surface area contributed by atoms with Crippen molar-refractivity contribution in [2.75, 3.05) is 13.7 Å².